The maximum absolute atomic E-state index is 13.1. The minimum atomic E-state index is -2.55. The fourth-order valence-electron chi connectivity index (χ4n) is 6.39. The van der Waals surface area contributed by atoms with Gasteiger partial charge in [0.2, 0.25) is 5.95 Å². The highest BCUT2D eigenvalue weighted by molar-refractivity contribution is 7.70. The molecule has 45 heavy (non-hydrogen) atoms. The van der Waals surface area contributed by atoms with Crippen molar-refractivity contribution in [2.24, 2.45) is 0 Å². The molecule has 6 rings (SSSR count). The van der Waals surface area contributed by atoms with Gasteiger partial charge in [0.25, 0.3) is 0 Å². The fraction of sp³-hybridized carbons (Fsp3) is 0.424. The van der Waals surface area contributed by atoms with E-state index in [0.29, 0.717) is 17.8 Å². The third-order valence-electron chi connectivity index (χ3n) is 8.79. The molecule has 11 nitrogen and oxygen atoms in total. The van der Waals surface area contributed by atoms with Gasteiger partial charge in [-0.05, 0) is 56.4 Å². The summed E-state index contributed by atoms with van der Waals surface area (Å²) >= 11 is 0. The van der Waals surface area contributed by atoms with Gasteiger partial charge in [-0.1, -0.05) is 19.1 Å². The van der Waals surface area contributed by atoms with E-state index >= 15 is 0 Å². The summed E-state index contributed by atoms with van der Waals surface area (Å²) in [5.41, 5.74) is 4.76. The van der Waals surface area contributed by atoms with Crippen LogP contribution in [-0.2, 0) is 11.0 Å². The van der Waals surface area contributed by atoms with Gasteiger partial charge in [0.05, 0.1) is 31.0 Å². The number of ether oxygens (including phenoxy) is 1. The number of benzene rings is 2. The van der Waals surface area contributed by atoms with Crippen LogP contribution in [0.3, 0.4) is 0 Å². The first-order valence-corrected chi connectivity index (χ1v) is 18.4. The van der Waals surface area contributed by atoms with Crippen LogP contribution in [0.2, 0.25) is 0 Å². The molecule has 2 aliphatic heterocycles. The van der Waals surface area contributed by atoms with E-state index in [-0.39, 0.29) is 0 Å². The molecule has 0 atom stereocenters. The summed E-state index contributed by atoms with van der Waals surface area (Å²) in [5, 5.41) is 11.1. The van der Waals surface area contributed by atoms with Crippen LogP contribution in [0.5, 0.6) is 5.75 Å². The van der Waals surface area contributed by atoms with Crippen LogP contribution in [0.1, 0.15) is 25.3 Å². The van der Waals surface area contributed by atoms with Gasteiger partial charge in [-0.2, -0.15) is 4.98 Å². The molecule has 2 aromatic carbocycles. The van der Waals surface area contributed by atoms with E-state index in [4.69, 9.17) is 9.72 Å². The van der Waals surface area contributed by atoms with Crippen LogP contribution in [0.15, 0.2) is 61.3 Å². The number of nitrogens with one attached hydrogen (secondary N) is 3. The van der Waals surface area contributed by atoms with Gasteiger partial charge < -0.3 is 34.7 Å². The third kappa shape index (κ3) is 7.01. The molecule has 0 amide bonds. The van der Waals surface area contributed by atoms with E-state index in [1.165, 1.54) is 24.1 Å². The Morgan fingerprint density at radius 3 is 2.49 bits per heavy atom. The average Bonchev–Trinajstić information content (AvgIpc) is 3.60. The Labute approximate surface area is 265 Å². The van der Waals surface area contributed by atoms with Crippen LogP contribution in [0, 0.1) is 0 Å². The van der Waals surface area contributed by atoms with Crippen molar-refractivity contribution in [3.63, 3.8) is 0 Å². The normalized spacial score (nSPS) is 16.5. The topological polar surface area (TPSA) is 112 Å². The Kier molecular flexibility index (Phi) is 9.40. The number of rotatable bonds is 10. The lowest BCUT2D eigenvalue weighted by Crippen LogP contribution is -2.52. The van der Waals surface area contributed by atoms with Crippen LogP contribution >= 0.6 is 7.14 Å². The second-order valence-corrected chi connectivity index (χ2v) is 15.2. The lowest BCUT2D eigenvalue weighted by Gasteiger charge is -2.41. The molecule has 0 saturated carbocycles. The highest BCUT2D eigenvalue weighted by atomic mass is 31.2. The molecule has 0 spiro atoms. The van der Waals surface area contributed by atoms with E-state index in [1.807, 2.05) is 35.0 Å². The van der Waals surface area contributed by atoms with Gasteiger partial charge in [0.15, 0.2) is 5.82 Å². The Bertz CT molecular complexity index is 1640. The number of aryl methyl sites for hydroxylation is 1. The zero-order valence-corrected chi connectivity index (χ0v) is 27.6. The predicted octanol–water partition coefficient (Wildman–Crippen LogP) is 4.84. The van der Waals surface area contributed by atoms with Crippen LogP contribution in [-0.4, -0.2) is 90.2 Å². The average molecular weight is 630 g/mol. The maximum atomic E-state index is 13.1. The molecule has 0 bridgehead atoms. The summed E-state index contributed by atoms with van der Waals surface area (Å²) in [7, 11) is -0.846. The second kappa shape index (κ2) is 13.6. The highest BCUT2D eigenvalue weighted by Crippen LogP contribution is 2.39. The first kappa shape index (κ1) is 31.1. The maximum Gasteiger partial charge on any atom is 0.229 e. The molecule has 2 aliphatic rings. The van der Waals surface area contributed by atoms with Crippen LogP contribution in [0.25, 0.3) is 5.69 Å². The summed E-state index contributed by atoms with van der Waals surface area (Å²) in [5.74, 6) is 1.72. The number of hydrogen-bond acceptors (Lipinski definition) is 10. The molecule has 4 aromatic rings. The minimum Gasteiger partial charge on any atom is -0.494 e. The van der Waals surface area contributed by atoms with Crippen molar-refractivity contribution in [3.05, 3.63) is 66.9 Å². The van der Waals surface area contributed by atoms with E-state index in [9.17, 15) is 4.57 Å². The lowest BCUT2D eigenvalue weighted by atomic mass is 9.99. The van der Waals surface area contributed by atoms with Gasteiger partial charge >= 0.3 is 0 Å². The van der Waals surface area contributed by atoms with Crippen molar-refractivity contribution < 1.29 is 9.30 Å². The van der Waals surface area contributed by atoms with Gasteiger partial charge in [-0.25, -0.2) is 9.97 Å². The number of piperidine rings is 1. The van der Waals surface area contributed by atoms with Crippen molar-refractivity contribution >= 4 is 41.3 Å². The van der Waals surface area contributed by atoms with E-state index in [0.717, 1.165) is 73.8 Å². The molecular weight excluding hydrogens is 585 g/mol. The molecule has 2 aromatic heterocycles. The Morgan fingerprint density at radius 1 is 1.02 bits per heavy atom. The molecule has 0 unspecified atom stereocenters. The summed E-state index contributed by atoms with van der Waals surface area (Å²) in [6.45, 7) is 12.3. The quantitative estimate of drug-likeness (QED) is 0.211. The van der Waals surface area contributed by atoms with Crippen molar-refractivity contribution in [1.29, 1.82) is 0 Å². The van der Waals surface area contributed by atoms with Crippen LogP contribution < -0.4 is 30.9 Å². The summed E-state index contributed by atoms with van der Waals surface area (Å²) in [6, 6.07) is 12.6. The van der Waals surface area contributed by atoms with E-state index in [2.05, 4.69) is 54.8 Å². The molecule has 3 N–H and O–H groups in total. The van der Waals surface area contributed by atoms with Gasteiger partial charge in [-0.15, -0.1) is 0 Å². The summed E-state index contributed by atoms with van der Waals surface area (Å²) in [4.78, 5) is 18.9. The Hall–Kier alpha value is -3.92. The Morgan fingerprint density at radius 2 is 1.80 bits per heavy atom. The smallest absolute Gasteiger partial charge is 0.229 e. The molecular formula is C33H44N9O2P. The number of para-hydroxylation sites is 1. The van der Waals surface area contributed by atoms with Gasteiger partial charge in [0, 0.05) is 74.8 Å². The summed E-state index contributed by atoms with van der Waals surface area (Å²) in [6.07, 6.45) is 10.3. The van der Waals surface area contributed by atoms with Crippen molar-refractivity contribution in [2.75, 3.05) is 75.2 Å². The first-order valence-electron chi connectivity index (χ1n) is 15.8. The minimum absolute atomic E-state index is 0.417. The predicted molar refractivity (Wildman–Crippen MR) is 183 cm³/mol. The molecule has 0 aliphatic carbocycles. The number of piperazine rings is 1. The van der Waals surface area contributed by atoms with Crippen molar-refractivity contribution in [3.8, 4) is 11.4 Å². The zero-order valence-electron chi connectivity index (χ0n) is 26.7. The monoisotopic (exact) mass is 629 g/mol. The van der Waals surface area contributed by atoms with Gasteiger partial charge in [-0.3, -0.25) is 4.90 Å². The lowest BCUT2D eigenvalue weighted by molar-refractivity contribution is 0.150. The van der Waals surface area contributed by atoms with Crippen LogP contribution in [0.4, 0.5) is 28.8 Å². The molecule has 2 saturated heterocycles. The number of hydrogen-bond donors (Lipinski definition) is 3. The highest BCUT2D eigenvalue weighted by Gasteiger charge is 2.27. The molecule has 0 radical (unpaired) electrons. The zero-order chi connectivity index (χ0) is 31.4. The second-order valence-electron chi connectivity index (χ2n) is 12.1. The SMILES string of the molecule is CCc1cc(Nc2ncc(-n3ccnc3)c(Nc3ccccc3P(C)(C)=O)n2)c(OC)cc1N1CCC(N2CCNCC2)CC1. The largest absolute Gasteiger partial charge is 0.494 e. The number of anilines is 5. The van der Waals surface area contributed by atoms with Gasteiger partial charge in [0.1, 0.15) is 18.6 Å². The number of methoxy groups -OCH3 is 1. The number of nitrogens with zero attached hydrogens (tertiary/aromatic N) is 6. The van der Waals surface area contributed by atoms with Crippen molar-refractivity contribution in [1.82, 2.24) is 29.7 Å². The molecule has 4 heterocycles. The summed E-state index contributed by atoms with van der Waals surface area (Å²) < 4.78 is 20.8. The molecule has 238 valence electrons. The Balaban J connectivity index is 1.27. The third-order valence-corrected chi connectivity index (χ3v) is 10.3. The fourth-order valence-corrected chi connectivity index (χ4v) is 7.55. The number of aromatic nitrogens is 4. The standard InChI is InChI=1S/C33H44N9O2P/c1-5-24-20-27(30(44-2)21-28(24)41-15-10-25(11-16-41)40-17-12-34-13-18-40)38-33-36-22-29(42-19-14-35-23-42)32(39-33)37-26-8-6-7-9-31(26)45(3,4)43/h6-9,14,19-23,25,34H,5,10-13,15-18H2,1-4H3,(H2,36,37,38,39). The van der Waals surface area contributed by atoms with Crippen molar-refractivity contribution in [2.45, 2.75) is 32.2 Å². The number of imidazole rings is 1. The van der Waals surface area contributed by atoms with E-state index < -0.39 is 7.14 Å². The molecule has 12 heteroatoms. The van der Waals surface area contributed by atoms with E-state index in [1.54, 1.807) is 39.2 Å². The first-order chi connectivity index (χ1) is 21.8. The molecule has 2 fully saturated rings.